The Morgan fingerprint density at radius 1 is 0.875 bits per heavy atom. The number of carbonyl (C=O) groups excluding carboxylic acids is 1. The molecule has 0 aliphatic rings. The van der Waals surface area contributed by atoms with E-state index in [2.05, 4.69) is 12.2 Å². The molecule has 0 aliphatic heterocycles. The number of unbranched alkanes of at least 4 members (excludes halogenated alkanes) is 6. The molecule has 1 aromatic carbocycles. The predicted molar refractivity (Wildman–Crippen MR) is 97.3 cm³/mol. The van der Waals surface area contributed by atoms with E-state index in [1.807, 2.05) is 0 Å². The van der Waals surface area contributed by atoms with Gasteiger partial charge in [-0.15, -0.1) is 0 Å². The lowest BCUT2D eigenvalue weighted by Crippen LogP contribution is -2.11. The summed E-state index contributed by atoms with van der Waals surface area (Å²) in [5, 5.41) is 2.90. The van der Waals surface area contributed by atoms with Crippen molar-refractivity contribution in [2.45, 2.75) is 58.3 Å². The van der Waals surface area contributed by atoms with Crippen LogP contribution in [0.1, 0.15) is 58.3 Å². The number of benzene rings is 1. The number of nitrogens with one attached hydrogen (secondary N) is 1. The average Bonchev–Trinajstić information content (AvgIpc) is 2.59. The van der Waals surface area contributed by atoms with Crippen molar-refractivity contribution >= 4 is 11.6 Å². The van der Waals surface area contributed by atoms with Crippen LogP contribution in [0, 0.1) is 0 Å². The third-order valence-corrected chi connectivity index (χ3v) is 3.96. The third-order valence-electron chi connectivity index (χ3n) is 3.96. The lowest BCUT2D eigenvalue weighted by Gasteiger charge is -2.14. The molecule has 0 saturated carbocycles. The van der Waals surface area contributed by atoms with E-state index < -0.39 is 0 Å². The number of rotatable bonds is 12. The average molecular weight is 337 g/mol. The standard InChI is InChI=1S/C19H31NO4/c1-5-6-7-8-9-10-11-12-18(21)20-15-13-16(22-2)19(24-4)17(14-15)23-3/h13-14H,5-12H2,1-4H3,(H,20,21). The number of hydrogen-bond donors (Lipinski definition) is 1. The largest absolute Gasteiger partial charge is 0.493 e. The molecule has 1 rings (SSSR count). The molecule has 1 amide bonds. The van der Waals surface area contributed by atoms with Crippen LogP contribution in [-0.2, 0) is 4.79 Å². The second kappa shape index (κ2) is 11.6. The van der Waals surface area contributed by atoms with Gasteiger partial charge in [0.2, 0.25) is 11.7 Å². The van der Waals surface area contributed by atoms with E-state index >= 15 is 0 Å². The molecule has 0 bridgehead atoms. The van der Waals surface area contributed by atoms with Crippen LogP contribution in [-0.4, -0.2) is 27.2 Å². The van der Waals surface area contributed by atoms with Crippen molar-refractivity contribution < 1.29 is 19.0 Å². The van der Waals surface area contributed by atoms with Crippen molar-refractivity contribution in [2.75, 3.05) is 26.6 Å². The van der Waals surface area contributed by atoms with Gasteiger partial charge in [-0.2, -0.15) is 0 Å². The van der Waals surface area contributed by atoms with Gasteiger partial charge in [0.05, 0.1) is 21.3 Å². The molecule has 5 nitrogen and oxygen atoms in total. The Kier molecular flexibility index (Phi) is 9.73. The molecule has 0 radical (unpaired) electrons. The number of ether oxygens (including phenoxy) is 3. The van der Waals surface area contributed by atoms with Gasteiger partial charge in [0.15, 0.2) is 11.5 Å². The first kappa shape index (κ1) is 20.1. The van der Waals surface area contributed by atoms with Gasteiger partial charge in [-0.1, -0.05) is 45.4 Å². The van der Waals surface area contributed by atoms with Gasteiger partial charge in [-0.05, 0) is 6.42 Å². The summed E-state index contributed by atoms with van der Waals surface area (Å²) in [5.74, 6) is 1.59. The maximum Gasteiger partial charge on any atom is 0.224 e. The van der Waals surface area contributed by atoms with Gasteiger partial charge < -0.3 is 19.5 Å². The van der Waals surface area contributed by atoms with Crippen molar-refractivity contribution in [2.24, 2.45) is 0 Å². The molecule has 0 saturated heterocycles. The Labute approximate surface area is 145 Å². The number of anilines is 1. The van der Waals surface area contributed by atoms with Crippen LogP contribution in [0.5, 0.6) is 17.2 Å². The summed E-state index contributed by atoms with van der Waals surface area (Å²) >= 11 is 0. The van der Waals surface area contributed by atoms with E-state index in [-0.39, 0.29) is 5.91 Å². The molecule has 0 atom stereocenters. The summed E-state index contributed by atoms with van der Waals surface area (Å²) in [6.07, 6.45) is 8.89. The van der Waals surface area contributed by atoms with E-state index in [1.165, 1.54) is 32.1 Å². The lowest BCUT2D eigenvalue weighted by molar-refractivity contribution is -0.116. The van der Waals surface area contributed by atoms with Crippen LogP contribution >= 0.6 is 0 Å². The maximum atomic E-state index is 12.1. The van der Waals surface area contributed by atoms with Crippen molar-refractivity contribution in [3.05, 3.63) is 12.1 Å². The molecule has 0 fully saturated rings. The third kappa shape index (κ3) is 6.69. The highest BCUT2D eigenvalue weighted by molar-refractivity contribution is 5.91. The van der Waals surface area contributed by atoms with Crippen LogP contribution < -0.4 is 19.5 Å². The first-order valence-electron chi connectivity index (χ1n) is 8.76. The minimum atomic E-state index is 0.0119. The zero-order chi connectivity index (χ0) is 17.8. The zero-order valence-electron chi connectivity index (χ0n) is 15.4. The lowest BCUT2D eigenvalue weighted by atomic mass is 10.1. The molecule has 0 aromatic heterocycles. The van der Waals surface area contributed by atoms with Gasteiger partial charge in [0.25, 0.3) is 0 Å². The highest BCUT2D eigenvalue weighted by atomic mass is 16.5. The highest BCUT2D eigenvalue weighted by Gasteiger charge is 2.14. The second-order valence-corrected chi connectivity index (χ2v) is 5.83. The van der Waals surface area contributed by atoms with Gasteiger partial charge in [0, 0.05) is 24.2 Å². The Morgan fingerprint density at radius 3 is 1.92 bits per heavy atom. The quantitative estimate of drug-likeness (QED) is 0.557. The molecule has 0 unspecified atom stereocenters. The fraction of sp³-hybridized carbons (Fsp3) is 0.632. The van der Waals surface area contributed by atoms with Crippen molar-refractivity contribution in [1.29, 1.82) is 0 Å². The molecule has 24 heavy (non-hydrogen) atoms. The number of methoxy groups -OCH3 is 3. The smallest absolute Gasteiger partial charge is 0.224 e. The number of hydrogen-bond acceptors (Lipinski definition) is 4. The van der Waals surface area contributed by atoms with Crippen molar-refractivity contribution in [3.63, 3.8) is 0 Å². The molecule has 0 aliphatic carbocycles. The van der Waals surface area contributed by atoms with Gasteiger partial charge >= 0.3 is 0 Å². The van der Waals surface area contributed by atoms with Gasteiger partial charge in [-0.25, -0.2) is 0 Å². The fourth-order valence-corrected chi connectivity index (χ4v) is 2.62. The second-order valence-electron chi connectivity index (χ2n) is 5.83. The summed E-state index contributed by atoms with van der Waals surface area (Å²) in [6.45, 7) is 2.22. The van der Waals surface area contributed by atoms with E-state index in [0.717, 1.165) is 12.8 Å². The van der Waals surface area contributed by atoms with Gasteiger partial charge in [-0.3, -0.25) is 4.79 Å². The molecular weight excluding hydrogens is 306 g/mol. The summed E-state index contributed by atoms with van der Waals surface area (Å²) < 4.78 is 15.9. The van der Waals surface area contributed by atoms with Crippen LogP contribution in [0.15, 0.2) is 12.1 Å². The minimum Gasteiger partial charge on any atom is -0.493 e. The van der Waals surface area contributed by atoms with E-state index in [9.17, 15) is 4.79 Å². The molecule has 1 aromatic rings. The van der Waals surface area contributed by atoms with Crippen LogP contribution in [0.3, 0.4) is 0 Å². The fourth-order valence-electron chi connectivity index (χ4n) is 2.62. The molecule has 0 spiro atoms. The molecule has 0 heterocycles. The van der Waals surface area contributed by atoms with E-state index in [1.54, 1.807) is 33.5 Å². The Balaban J connectivity index is 2.46. The first-order valence-corrected chi connectivity index (χ1v) is 8.76. The zero-order valence-corrected chi connectivity index (χ0v) is 15.4. The Hall–Kier alpha value is -1.91. The monoisotopic (exact) mass is 337 g/mol. The van der Waals surface area contributed by atoms with Crippen LogP contribution in [0.2, 0.25) is 0 Å². The minimum absolute atomic E-state index is 0.0119. The molecule has 1 N–H and O–H groups in total. The first-order chi connectivity index (χ1) is 11.7. The number of amides is 1. The topological polar surface area (TPSA) is 56.8 Å². The summed E-state index contributed by atoms with van der Waals surface area (Å²) in [7, 11) is 4.67. The molecular formula is C19H31NO4. The SMILES string of the molecule is CCCCCCCCCC(=O)Nc1cc(OC)c(OC)c(OC)c1. The molecule has 136 valence electrons. The maximum absolute atomic E-state index is 12.1. The highest BCUT2D eigenvalue weighted by Crippen LogP contribution is 2.39. The molecule has 5 heteroatoms. The predicted octanol–water partition coefficient (Wildman–Crippen LogP) is 4.79. The summed E-state index contributed by atoms with van der Waals surface area (Å²) in [6, 6.07) is 3.48. The van der Waals surface area contributed by atoms with Crippen molar-refractivity contribution in [3.8, 4) is 17.2 Å². The van der Waals surface area contributed by atoms with E-state index in [0.29, 0.717) is 29.4 Å². The van der Waals surface area contributed by atoms with Gasteiger partial charge in [0.1, 0.15) is 0 Å². The van der Waals surface area contributed by atoms with E-state index in [4.69, 9.17) is 14.2 Å². The number of carbonyl (C=O) groups is 1. The van der Waals surface area contributed by atoms with Crippen LogP contribution in [0.25, 0.3) is 0 Å². The normalized spacial score (nSPS) is 10.3. The summed E-state index contributed by atoms with van der Waals surface area (Å²) in [4.78, 5) is 12.1. The Morgan fingerprint density at radius 2 is 1.42 bits per heavy atom. The van der Waals surface area contributed by atoms with Crippen molar-refractivity contribution in [1.82, 2.24) is 0 Å². The van der Waals surface area contributed by atoms with Crippen LogP contribution in [0.4, 0.5) is 5.69 Å². The summed E-state index contributed by atoms with van der Waals surface area (Å²) in [5.41, 5.74) is 0.650. The Bertz CT molecular complexity index is 477.